The summed E-state index contributed by atoms with van der Waals surface area (Å²) in [5, 5.41) is 3.21. The molecule has 1 saturated heterocycles. The molecule has 1 fully saturated rings. The molecule has 7 nitrogen and oxygen atoms in total. The molecule has 5 rings (SSSR count). The van der Waals surface area contributed by atoms with Crippen molar-refractivity contribution in [3.8, 4) is 5.75 Å². The number of hydrogen-bond donors (Lipinski definition) is 1. The van der Waals surface area contributed by atoms with Gasteiger partial charge in [-0.1, -0.05) is 30.3 Å². The van der Waals surface area contributed by atoms with Gasteiger partial charge in [-0.2, -0.15) is 8.78 Å². The van der Waals surface area contributed by atoms with E-state index < -0.39 is 17.8 Å². The van der Waals surface area contributed by atoms with Crippen molar-refractivity contribution in [2.75, 3.05) is 13.1 Å². The molecular formula is C26H21F2N3O4S. The van der Waals surface area contributed by atoms with E-state index in [-0.39, 0.29) is 29.7 Å². The Morgan fingerprint density at radius 1 is 1.14 bits per heavy atom. The summed E-state index contributed by atoms with van der Waals surface area (Å²) in [5.74, 6) is -0.721. The Balaban J connectivity index is 1.25. The second-order valence-electron chi connectivity index (χ2n) is 8.32. The van der Waals surface area contributed by atoms with Crippen molar-refractivity contribution in [1.29, 1.82) is 0 Å². The zero-order valence-corrected chi connectivity index (χ0v) is 19.8. The van der Waals surface area contributed by atoms with Crippen molar-refractivity contribution >= 4 is 45.8 Å². The van der Waals surface area contributed by atoms with Gasteiger partial charge >= 0.3 is 6.61 Å². The molecule has 36 heavy (non-hydrogen) atoms. The largest absolute Gasteiger partial charge is 0.435 e. The first-order valence-corrected chi connectivity index (χ1v) is 12.2. The number of pyridine rings is 1. The standard InChI is InChI=1S/C26H21F2N3O4S/c27-25(28)35-16-10-8-15(9-11-16)14-21-24(33)31(26(34)36-21)13-12-29-23(32)22-17-4-1-2-6-19(17)30-20-7-3-5-18(20)22/h1-2,4,6,8-11,14,25H,3,5,7,12-13H2,(H,29,32)/b21-14+. The number of nitrogens with one attached hydrogen (secondary N) is 1. The summed E-state index contributed by atoms with van der Waals surface area (Å²) >= 11 is 0.791. The number of aryl methyl sites for hydroxylation is 1. The molecule has 1 aliphatic carbocycles. The monoisotopic (exact) mass is 509 g/mol. The number of rotatable bonds is 7. The number of carbonyl (C=O) groups excluding carboxylic acids is 3. The molecule has 0 unspecified atom stereocenters. The van der Waals surface area contributed by atoms with Gasteiger partial charge in [0.25, 0.3) is 17.1 Å². The fourth-order valence-electron chi connectivity index (χ4n) is 4.43. The number of halogens is 2. The highest BCUT2D eigenvalue weighted by Gasteiger charge is 2.35. The lowest BCUT2D eigenvalue weighted by Gasteiger charge is -2.15. The van der Waals surface area contributed by atoms with Crippen LogP contribution in [-0.4, -0.2) is 46.6 Å². The lowest BCUT2D eigenvalue weighted by molar-refractivity contribution is -0.122. The van der Waals surface area contributed by atoms with Gasteiger partial charge in [-0.3, -0.25) is 24.3 Å². The second-order valence-corrected chi connectivity index (χ2v) is 9.31. The number of alkyl halides is 2. The Bertz CT molecular complexity index is 1390. The van der Waals surface area contributed by atoms with E-state index in [1.54, 1.807) is 0 Å². The molecule has 0 atom stereocenters. The maximum absolute atomic E-state index is 13.2. The van der Waals surface area contributed by atoms with Gasteiger partial charge in [-0.05, 0) is 66.4 Å². The van der Waals surface area contributed by atoms with Crippen LogP contribution in [0, 0.1) is 0 Å². The van der Waals surface area contributed by atoms with Gasteiger partial charge in [0.1, 0.15) is 5.75 Å². The highest BCUT2D eigenvalue weighted by Crippen LogP contribution is 2.33. The number of amides is 3. The number of fused-ring (bicyclic) bond motifs is 2. The molecule has 1 aromatic heterocycles. The maximum atomic E-state index is 13.2. The van der Waals surface area contributed by atoms with E-state index in [4.69, 9.17) is 4.98 Å². The molecule has 3 aromatic rings. The Morgan fingerprint density at radius 2 is 1.92 bits per heavy atom. The highest BCUT2D eigenvalue weighted by atomic mass is 32.2. The van der Waals surface area contributed by atoms with Crippen LogP contribution in [0.2, 0.25) is 0 Å². The normalized spacial score (nSPS) is 16.3. The number of thioether (sulfide) groups is 1. The van der Waals surface area contributed by atoms with Crippen LogP contribution < -0.4 is 10.1 Å². The topological polar surface area (TPSA) is 88.6 Å². The van der Waals surface area contributed by atoms with Crippen molar-refractivity contribution in [2.45, 2.75) is 25.9 Å². The molecule has 10 heteroatoms. The summed E-state index contributed by atoms with van der Waals surface area (Å²) in [4.78, 5) is 44.4. The molecule has 2 aliphatic rings. The molecule has 2 aromatic carbocycles. The molecule has 0 bridgehead atoms. The zero-order valence-electron chi connectivity index (χ0n) is 19.0. The Labute approximate surface area is 209 Å². The molecule has 1 aliphatic heterocycles. The Morgan fingerprint density at radius 3 is 2.69 bits per heavy atom. The van der Waals surface area contributed by atoms with E-state index >= 15 is 0 Å². The molecule has 2 heterocycles. The maximum Gasteiger partial charge on any atom is 0.387 e. The number of ether oxygens (including phenoxy) is 1. The van der Waals surface area contributed by atoms with Crippen LogP contribution in [0.4, 0.5) is 13.6 Å². The third-order valence-electron chi connectivity index (χ3n) is 6.04. The smallest absolute Gasteiger partial charge is 0.387 e. The molecular weight excluding hydrogens is 488 g/mol. The molecule has 184 valence electrons. The summed E-state index contributed by atoms with van der Waals surface area (Å²) in [6, 6.07) is 13.3. The van der Waals surface area contributed by atoms with E-state index in [9.17, 15) is 23.2 Å². The minimum absolute atomic E-state index is 0.00128. The van der Waals surface area contributed by atoms with Gasteiger partial charge < -0.3 is 10.1 Å². The molecule has 1 N–H and O–H groups in total. The Hall–Kier alpha value is -3.79. The van der Waals surface area contributed by atoms with Crippen molar-refractivity contribution in [3.63, 3.8) is 0 Å². The van der Waals surface area contributed by atoms with E-state index in [1.807, 2.05) is 24.3 Å². The number of hydrogen-bond acceptors (Lipinski definition) is 6. The minimum atomic E-state index is -2.92. The van der Waals surface area contributed by atoms with Gasteiger partial charge in [0, 0.05) is 24.2 Å². The van der Waals surface area contributed by atoms with Crippen molar-refractivity contribution < 1.29 is 27.9 Å². The van der Waals surface area contributed by atoms with Crippen molar-refractivity contribution in [2.24, 2.45) is 0 Å². The van der Waals surface area contributed by atoms with Gasteiger partial charge in [0.2, 0.25) is 0 Å². The second kappa shape index (κ2) is 10.1. The molecule has 3 amide bonds. The highest BCUT2D eigenvalue weighted by molar-refractivity contribution is 8.18. The average Bonchev–Trinajstić information content (AvgIpc) is 3.42. The zero-order chi connectivity index (χ0) is 25.2. The van der Waals surface area contributed by atoms with Crippen LogP contribution in [0.25, 0.3) is 17.0 Å². The first-order chi connectivity index (χ1) is 17.4. The van der Waals surface area contributed by atoms with Gasteiger partial charge in [0.05, 0.1) is 16.0 Å². The summed E-state index contributed by atoms with van der Waals surface area (Å²) < 4.78 is 28.9. The van der Waals surface area contributed by atoms with Crippen molar-refractivity contribution in [1.82, 2.24) is 15.2 Å². The summed E-state index contributed by atoms with van der Waals surface area (Å²) in [5.41, 5.74) is 3.86. The van der Waals surface area contributed by atoms with Crippen LogP contribution in [0.3, 0.4) is 0 Å². The number of benzene rings is 2. The number of nitrogens with zero attached hydrogens (tertiary/aromatic N) is 2. The SMILES string of the molecule is O=C(NCCN1C(=O)S/C(=C/c2ccc(OC(F)F)cc2)C1=O)c1c2c(nc3ccccc13)CCC2. The van der Waals surface area contributed by atoms with E-state index in [1.165, 1.54) is 30.3 Å². The first kappa shape index (κ1) is 23.9. The number of aromatic nitrogens is 1. The van der Waals surface area contributed by atoms with Crippen molar-refractivity contribution in [3.05, 3.63) is 75.8 Å². The third-order valence-corrected chi connectivity index (χ3v) is 6.95. The van der Waals surface area contributed by atoms with Crippen LogP contribution in [0.5, 0.6) is 5.75 Å². The third kappa shape index (κ3) is 4.81. The van der Waals surface area contributed by atoms with Gasteiger partial charge in [0.15, 0.2) is 0 Å². The van der Waals surface area contributed by atoms with Gasteiger partial charge in [-0.25, -0.2) is 0 Å². The number of imide groups is 1. The summed E-state index contributed by atoms with van der Waals surface area (Å²) in [6.45, 7) is -2.79. The van der Waals surface area contributed by atoms with Crippen LogP contribution >= 0.6 is 11.8 Å². The summed E-state index contributed by atoms with van der Waals surface area (Å²) in [7, 11) is 0. The molecule has 0 radical (unpaired) electrons. The fourth-order valence-corrected chi connectivity index (χ4v) is 5.29. The van der Waals surface area contributed by atoms with E-state index in [2.05, 4.69) is 10.1 Å². The Kier molecular flexibility index (Phi) is 6.69. The van der Waals surface area contributed by atoms with E-state index in [0.29, 0.717) is 11.1 Å². The molecule has 0 saturated carbocycles. The average molecular weight is 510 g/mol. The predicted octanol–water partition coefficient (Wildman–Crippen LogP) is 4.79. The fraction of sp³-hybridized carbons (Fsp3) is 0.231. The van der Waals surface area contributed by atoms with Crippen LogP contribution in [-0.2, 0) is 17.6 Å². The van der Waals surface area contributed by atoms with Crippen LogP contribution in [0.1, 0.15) is 33.6 Å². The van der Waals surface area contributed by atoms with Gasteiger partial charge in [-0.15, -0.1) is 0 Å². The first-order valence-electron chi connectivity index (χ1n) is 11.4. The summed E-state index contributed by atoms with van der Waals surface area (Å²) in [6.07, 6.45) is 4.09. The number of para-hydroxylation sites is 1. The van der Waals surface area contributed by atoms with E-state index in [0.717, 1.165) is 58.1 Å². The minimum Gasteiger partial charge on any atom is -0.435 e. The lowest BCUT2D eigenvalue weighted by Crippen LogP contribution is -2.37. The lowest BCUT2D eigenvalue weighted by atomic mass is 10.0. The molecule has 0 spiro atoms. The predicted molar refractivity (Wildman–Crippen MR) is 132 cm³/mol. The quantitative estimate of drug-likeness (QED) is 0.461. The number of carbonyl (C=O) groups is 3. The van der Waals surface area contributed by atoms with Crippen LogP contribution in [0.15, 0.2) is 53.4 Å².